The average Bonchev–Trinajstić information content (AvgIpc) is 1.85. The van der Waals surface area contributed by atoms with Gasteiger partial charge in [-0.1, -0.05) is 6.92 Å². The highest BCUT2D eigenvalue weighted by Gasteiger charge is 2.36. The van der Waals surface area contributed by atoms with E-state index >= 15 is 0 Å². The summed E-state index contributed by atoms with van der Waals surface area (Å²) in [5.41, 5.74) is 5.12. The Morgan fingerprint density at radius 3 is 2.18 bits per heavy atom. The molecular formula is C6H12F3NO. The van der Waals surface area contributed by atoms with Crippen LogP contribution in [0.1, 0.15) is 13.3 Å². The number of halogens is 3. The molecule has 5 heteroatoms. The Kier molecular flexibility index (Phi) is 3.82. The summed E-state index contributed by atoms with van der Waals surface area (Å²) in [6, 6.07) is -0.772. The van der Waals surface area contributed by atoms with Crippen molar-refractivity contribution in [1.82, 2.24) is 0 Å². The number of aliphatic hydroxyl groups is 1. The van der Waals surface area contributed by atoms with Crippen LogP contribution in [-0.2, 0) is 0 Å². The highest BCUT2D eigenvalue weighted by molar-refractivity contribution is 4.69. The van der Waals surface area contributed by atoms with E-state index in [-0.39, 0.29) is 6.42 Å². The first kappa shape index (κ1) is 10.7. The minimum Gasteiger partial charge on any atom is -0.395 e. The van der Waals surface area contributed by atoms with Crippen molar-refractivity contribution in [2.75, 3.05) is 6.61 Å². The Morgan fingerprint density at radius 2 is 1.91 bits per heavy atom. The van der Waals surface area contributed by atoms with E-state index < -0.39 is 24.7 Å². The largest absolute Gasteiger partial charge is 0.395 e. The maximum absolute atomic E-state index is 11.8. The fourth-order valence-corrected chi connectivity index (χ4v) is 0.662. The van der Waals surface area contributed by atoms with Crippen LogP contribution in [0, 0.1) is 5.92 Å². The zero-order valence-corrected chi connectivity index (χ0v) is 6.23. The van der Waals surface area contributed by atoms with Gasteiger partial charge in [-0.2, -0.15) is 13.2 Å². The number of hydrogen-bond acceptors (Lipinski definition) is 2. The molecule has 2 nitrogen and oxygen atoms in total. The molecule has 0 aliphatic rings. The molecule has 11 heavy (non-hydrogen) atoms. The maximum atomic E-state index is 11.8. The van der Waals surface area contributed by atoms with E-state index in [0.717, 1.165) is 6.92 Å². The van der Waals surface area contributed by atoms with Crippen LogP contribution in [0.4, 0.5) is 13.2 Å². The van der Waals surface area contributed by atoms with Crippen LogP contribution in [-0.4, -0.2) is 23.9 Å². The lowest BCUT2D eigenvalue weighted by Crippen LogP contribution is -2.32. The molecule has 0 aromatic carbocycles. The fourth-order valence-electron chi connectivity index (χ4n) is 0.662. The van der Waals surface area contributed by atoms with Crippen molar-refractivity contribution in [2.24, 2.45) is 11.7 Å². The molecule has 0 spiro atoms. The average molecular weight is 171 g/mol. The van der Waals surface area contributed by atoms with Crippen molar-refractivity contribution in [3.05, 3.63) is 0 Å². The Morgan fingerprint density at radius 1 is 1.45 bits per heavy atom. The molecule has 2 unspecified atom stereocenters. The lowest BCUT2D eigenvalue weighted by atomic mass is 10.0. The topological polar surface area (TPSA) is 46.2 Å². The first-order valence-electron chi connectivity index (χ1n) is 3.31. The molecule has 0 bridgehead atoms. The summed E-state index contributed by atoms with van der Waals surface area (Å²) in [5, 5.41) is 8.36. The highest BCUT2D eigenvalue weighted by atomic mass is 19.4. The minimum absolute atomic E-state index is 0.222. The molecule has 2 atom stereocenters. The van der Waals surface area contributed by atoms with E-state index in [0.29, 0.717) is 0 Å². The van der Waals surface area contributed by atoms with Gasteiger partial charge in [0.1, 0.15) is 0 Å². The monoisotopic (exact) mass is 171 g/mol. The molecule has 0 aliphatic heterocycles. The molecule has 0 amide bonds. The molecular weight excluding hydrogens is 159 g/mol. The third kappa shape index (κ3) is 4.21. The molecule has 0 aliphatic carbocycles. The van der Waals surface area contributed by atoms with E-state index in [9.17, 15) is 13.2 Å². The number of hydrogen-bond donors (Lipinski definition) is 2. The molecule has 0 radical (unpaired) electrons. The molecule has 0 saturated heterocycles. The lowest BCUT2D eigenvalue weighted by molar-refractivity contribution is -0.172. The van der Waals surface area contributed by atoms with Gasteiger partial charge in [0.2, 0.25) is 0 Å². The van der Waals surface area contributed by atoms with Crippen molar-refractivity contribution in [3.8, 4) is 0 Å². The van der Waals surface area contributed by atoms with Crippen LogP contribution in [0.15, 0.2) is 0 Å². The second kappa shape index (κ2) is 3.92. The van der Waals surface area contributed by atoms with Crippen molar-refractivity contribution in [3.63, 3.8) is 0 Å². The molecule has 0 rings (SSSR count). The predicted molar refractivity (Wildman–Crippen MR) is 34.9 cm³/mol. The Hall–Kier alpha value is -0.290. The van der Waals surface area contributed by atoms with Crippen LogP contribution in [0.3, 0.4) is 0 Å². The van der Waals surface area contributed by atoms with Gasteiger partial charge in [0, 0.05) is 6.04 Å². The fraction of sp³-hybridized carbons (Fsp3) is 1.00. The number of rotatable bonds is 3. The van der Waals surface area contributed by atoms with Gasteiger partial charge in [-0.15, -0.1) is 0 Å². The molecule has 0 saturated carbocycles. The van der Waals surface area contributed by atoms with Gasteiger partial charge in [-0.3, -0.25) is 0 Å². The summed E-state index contributed by atoms with van der Waals surface area (Å²) < 4.78 is 35.4. The summed E-state index contributed by atoms with van der Waals surface area (Å²) in [6.45, 7) is 0.649. The number of aliphatic hydroxyl groups excluding tert-OH is 1. The van der Waals surface area contributed by atoms with Gasteiger partial charge in [0.25, 0.3) is 0 Å². The zero-order valence-electron chi connectivity index (χ0n) is 6.23. The van der Waals surface area contributed by atoms with Crippen LogP contribution >= 0.6 is 0 Å². The molecule has 0 aromatic heterocycles. The lowest BCUT2D eigenvalue weighted by Gasteiger charge is -2.17. The molecule has 0 heterocycles. The summed E-state index contributed by atoms with van der Waals surface area (Å²) in [5.74, 6) is -1.44. The number of alkyl halides is 3. The summed E-state index contributed by atoms with van der Waals surface area (Å²) >= 11 is 0. The number of nitrogens with two attached hydrogens (primary N) is 1. The predicted octanol–water partition coefficient (Wildman–Crippen LogP) is 0.894. The summed E-state index contributed by atoms with van der Waals surface area (Å²) in [7, 11) is 0. The van der Waals surface area contributed by atoms with Crippen molar-refractivity contribution < 1.29 is 18.3 Å². The van der Waals surface area contributed by atoms with Crippen LogP contribution in [0.25, 0.3) is 0 Å². The normalized spacial score (nSPS) is 18.0. The van der Waals surface area contributed by atoms with Crippen LogP contribution in [0.2, 0.25) is 0 Å². The van der Waals surface area contributed by atoms with E-state index in [1.807, 2.05) is 0 Å². The van der Waals surface area contributed by atoms with Crippen molar-refractivity contribution >= 4 is 0 Å². The molecule has 0 fully saturated rings. The minimum atomic E-state index is -4.20. The Balaban J connectivity index is 3.77. The van der Waals surface area contributed by atoms with E-state index in [1.54, 1.807) is 0 Å². The van der Waals surface area contributed by atoms with E-state index in [1.165, 1.54) is 0 Å². The standard InChI is InChI=1S/C6H12F3NO/c1-4(6(7,8)9)2-5(10)3-11/h4-5,11H,2-3,10H2,1H3. The Bertz CT molecular complexity index is 115. The molecule has 68 valence electrons. The first-order chi connectivity index (χ1) is 4.88. The van der Waals surface area contributed by atoms with Gasteiger partial charge in [-0.05, 0) is 6.42 Å². The van der Waals surface area contributed by atoms with E-state index in [2.05, 4.69) is 0 Å². The third-order valence-electron chi connectivity index (χ3n) is 1.45. The maximum Gasteiger partial charge on any atom is 0.391 e. The third-order valence-corrected chi connectivity index (χ3v) is 1.45. The van der Waals surface area contributed by atoms with Gasteiger partial charge >= 0.3 is 6.18 Å². The second-order valence-corrected chi connectivity index (χ2v) is 2.62. The summed E-state index contributed by atoms with van der Waals surface area (Å²) in [4.78, 5) is 0. The Labute approximate surface area is 63.2 Å². The smallest absolute Gasteiger partial charge is 0.391 e. The van der Waals surface area contributed by atoms with Crippen molar-refractivity contribution in [2.45, 2.75) is 25.6 Å². The van der Waals surface area contributed by atoms with Crippen LogP contribution < -0.4 is 5.73 Å². The second-order valence-electron chi connectivity index (χ2n) is 2.62. The first-order valence-corrected chi connectivity index (χ1v) is 3.31. The highest BCUT2D eigenvalue weighted by Crippen LogP contribution is 2.28. The molecule has 0 aromatic rings. The van der Waals surface area contributed by atoms with Gasteiger partial charge < -0.3 is 10.8 Å². The van der Waals surface area contributed by atoms with Crippen LogP contribution in [0.5, 0.6) is 0 Å². The zero-order chi connectivity index (χ0) is 9.07. The van der Waals surface area contributed by atoms with Crippen molar-refractivity contribution in [1.29, 1.82) is 0 Å². The van der Waals surface area contributed by atoms with E-state index in [4.69, 9.17) is 10.8 Å². The molecule has 3 N–H and O–H groups in total. The van der Waals surface area contributed by atoms with Gasteiger partial charge in [0.15, 0.2) is 0 Å². The SMILES string of the molecule is CC(CC(N)CO)C(F)(F)F. The van der Waals surface area contributed by atoms with Gasteiger partial charge in [-0.25, -0.2) is 0 Å². The quantitative estimate of drug-likeness (QED) is 0.662. The van der Waals surface area contributed by atoms with Gasteiger partial charge in [0.05, 0.1) is 12.5 Å². The summed E-state index contributed by atoms with van der Waals surface area (Å²) in [6.07, 6.45) is -4.42.